The molecule has 0 bridgehead atoms. The Morgan fingerprint density at radius 3 is 2.58 bits per heavy atom. The minimum Gasteiger partial charge on any atom is -0.338 e. The molecule has 0 aliphatic carbocycles. The molecule has 0 N–H and O–H groups in total. The molecule has 5 nitrogen and oxygen atoms in total. The topological polar surface area (TPSA) is 45.4 Å². The van der Waals surface area contributed by atoms with Gasteiger partial charge in [0.2, 0.25) is 5.89 Å². The van der Waals surface area contributed by atoms with Crippen molar-refractivity contribution in [1.82, 2.24) is 19.9 Å². The van der Waals surface area contributed by atoms with Crippen molar-refractivity contribution >= 4 is 0 Å². The summed E-state index contributed by atoms with van der Waals surface area (Å²) >= 11 is 0. The van der Waals surface area contributed by atoms with Crippen LogP contribution in [0.1, 0.15) is 50.0 Å². The molecular weight excluding hydrogens is 300 g/mol. The summed E-state index contributed by atoms with van der Waals surface area (Å²) in [6.45, 7) is 9.63. The molecule has 2 heterocycles. The Hall–Kier alpha value is -1.72. The van der Waals surface area contributed by atoms with Crippen LogP contribution >= 0.6 is 0 Å². The van der Waals surface area contributed by atoms with Crippen LogP contribution in [0.25, 0.3) is 0 Å². The van der Waals surface area contributed by atoms with E-state index in [1.807, 2.05) is 0 Å². The number of rotatable bonds is 7. The lowest BCUT2D eigenvalue weighted by atomic mass is 10.2. The van der Waals surface area contributed by atoms with Gasteiger partial charge in [0.15, 0.2) is 5.82 Å². The average Bonchev–Trinajstić information content (AvgIpc) is 3.10. The third-order valence-electron chi connectivity index (χ3n) is 4.80. The summed E-state index contributed by atoms with van der Waals surface area (Å²) in [6.07, 6.45) is 3.19. The smallest absolute Gasteiger partial charge is 0.243 e. The second-order valence-electron chi connectivity index (χ2n) is 6.63. The number of aromatic nitrogens is 2. The first-order valence-electron chi connectivity index (χ1n) is 9.09. The summed E-state index contributed by atoms with van der Waals surface area (Å²) in [5.74, 6) is 1.61. The van der Waals surface area contributed by atoms with E-state index in [9.17, 15) is 0 Å². The van der Waals surface area contributed by atoms with E-state index in [1.54, 1.807) is 0 Å². The highest BCUT2D eigenvalue weighted by molar-refractivity contribution is 5.14. The zero-order chi connectivity index (χ0) is 16.8. The molecule has 0 amide bonds. The number of nitrogens with zero attached hydrogens (tertiary/aromatic N) is 4. The van der Waals surface area contributed by atoms with Crippen LogP contribution in [-0.4, -0.2) is 46.1 Å². The molecule has 1 unspecified atom stereocenters. The van der Waals surface area contributed by atoms with E-state index in [1.165, 1.54) is 5.56 Å². The van der Waals surface area contributed by atoms with Gasteiger partial charge in [0.05, 0.1) is 6.04 Å². The molecule has 3 rings (SSSR count). The fraction of sp³-hybridized carbons (Fsp3) is 0.579. The standard InChI is InChI=1S/C19H28N4O/c1-3-4-10-18-20-19(24-21-18)16(2)23-13-11-22(12-14-23)15-17-8-6-5-7-9-17/h5-9,16H,3-4,10-15H2,1-2H3. The number of hydrogen-bond acceptors (Lipinski definition) is 5. The third kappa shape index (κ3) is 4.42. The van der Waals surface area contributed by atoms with Gasteiger partial charge in [0.25, 0.3) is 0 Å². The zero-order valence-electron chi connectivity index (χ0n) is 14.8. The molecule has 0 radical (unpaired) electrons. The largest absolute Gasteiger partial charge is 0.338 e. The lowest BCUT2D eigenvalue weighted by Crippen LogP contribution is -2.46. The lowest BCUT2D eigenvalue weighted by Gasteiger charge is -2.36. The van der Waals surface area contributed by atoms with E-state index in [4.69, 9.17) is 4.52 Å². The van der Waals surface area contributed by atoms with Gasteiger partial charge in [0.1, 0.15) is 0 Å². The molecule has 1 aliphatic heterocycles. The summed E-state index contributed by atoms with van der Waals surface area (Å²) in [5, 5.41) is 4.12. The Labute approximate surface area is 144 Å². The number of benzene rings is 1. The highest BCUT2D eigenvalue weighted by atomic mass is 16.5. The van der Waals surface area contributed by atoms with Crippen molar-refractivity contribution in [2.45, 2.75) is 45.7 Å². The van der Waals surface area contributed by atoms with Crippen LogP contribution in [0.5, 0.6) is 0 Å². The molecule has 5 heteroatoms. The quantitative estimate of drug-likeness (QED) is 0.780. The van der Waals surface area contributed by atoms with E-state index < -0.39 is 0 Å². The van der Waals surface area contributed by atoms with Crippen LogP contribution in [0.2, 0.25) is 0 Å². The van der Waals surface area contributed by atoms with Crippen molar-refractivity contribution in [3.63, 3.8) is 0 Å². The maximum absolute atomic E-state index is 5.48. The van der Waals surface area contributed by atoms with Crippen molar-refractivity contribution < 1.29 is 4.52 Å². The fourth-order valence-electron chi connectivity index (χ4n) is 3.18. The minimum absolute atomic E-state index is 0.201. The Morgan fingerprint density at radius 1 is 1.12 bits per heavy atom. The predicted molar refractivity (Wildman–Crippen MR) is 94.6 cm³/mol. The molecule has 0 saturated carbocycles. The summed E-state index contributed by atoms with van der Waals surface area (Å²) in [7, 11) is 0. The van der Waals surface area contributed by atoms with E-state index in [2.05, 4.69) is 64.1 Å². The zero-order valence-corrected chi connectivity index (χ0v) is 14.8. The van der Waals surface area contributed by atoms with Crippen molar-refractivity contribution in [3.8, 4) is 0 Å². The molecule has 130 valence electrons. The van der Waals surface area contributed by atoms with Crippen LogP contribution < -0.4 is 0 Å². The molecule has 1 atom stereocenters. The summed E-state index contributed by atoms with van der Waals surface area (Å²) in [4.78, 5) is 9.53. The number of hydrogen-bond donors (Lipinski definition) is 0. The van der Waals surface area contributed by atoms with Crippen LogP contribution in [-0.2, 0) is 13.0 Å². The van der Waals surface area contributed by atoms with E-state index >= 15 is 0 Å². The molecule has 1 fully saturated rings. The predicted octanol–water partition coefficient (Wildman–Crippen LogP) is 3.29. The fourth-order valence-corrected chi connectivity index (χ4v) is 3.18. The molecular formula is C19H28N4O. The van der Waals surface area contributed by atoms with Gasteiger partial charge in [-0.1, -0.05) is 48.8 Å². The third-order valence-corrected chi connectivity index (χ3v) is 4.80. The first-order valence-corrected chi connectivity index (χ1v) is 9.09. The summed E-state index contributed by atoms with van der Waals surface area (Å²) in [5.41, 5.74) is 1.39. The number of piperazine rings is 1. The Morgan fingerprint density at radius 2 is 1.88 bits per heavy atom. The lowest BCUT2D eigenvalue weighted by molar-refractivity contribution is 0.0845. The molecule has 1 saturated heterocycles. The second kappa shape index (κ2) is 8.40. The Balaban J connectivity index is 1.49. The minimum atomic E-state index is 0.201. The Bertz CT molecular complexity index is 605. The molecule has 24 heavy (non-hydrogen) atoms. The van der Waals surface area contributed by atoms with Gasteiger partial charge in [-0.15, -0.1) is 0 Å². The summed E-state index contributed by atoms with van der Waals surface area (Å²) in [6, 6.07) is 10.9. The highest BCUT2D eigenvalue weighted by Crippen LogP contribution is 2.21. The normalized spacial score (nSPS) is 17.9. The molecule has 0 spiro atoms. The molecule has 1 aliphatic rings. The van der Waals surface area contributed by atoms with Crippen LogP contribution in [0.3, 0.4) is 0 Å². The van der Waals surface area contributed by atoms with Crippen LogP contribution in [0, 0.1) is 0 Å². The molecule has 1 aromatic carbocycles. The molecule has 1 aromatic heterocycles. The van der Waals surface area contributed by atoms with Gasteiger partial charge in [0, 0.05) is 39.1 Å². The van der Waals surface area contributed by atoms with Gasteiger partial charge in [-0.2, -0.15) is 4.98 Å². The second-order valence-corrected chi connectivity index (χ2v) is 6.63. The highest BCUT2D eigenvalue weighted by Gasteiger charge is 2.25. The van der Waals surface area contributed by atoms with E-state index in [0.717, 1.165) is 63.7 Å². The van der Waals surface area contributed by atoms with Gasteiger partial charge in [-0.3, -0.25) is 9.80 Å². The average molecular weight is 328 g/mol. The van der Waals surface area contributed by atoms with E-state index in [0.29, 0.717) is 0 Å². The van der Waals surface area contributed by atoms with Crippen molar-refractivity contribution in [1.29, 1.82) is 0 Å². The van der Waals surface area contributed by atoms with Crippen LogP contribution in [0.15, 0.2) is 34.9 Å². The maximum atomic E-state index is 5.48. The van der Waals surface area contributed by atoms with Crippen molar-refractivity contribution in [2.75, 3.05) is 26.2 Å². The SMILES string of the molecule is CCCCc1noc(C(C)N2CCN(Cc3ccccc3)CC2)n1. The monoisotopic (exact) mass is 328 g/mol. The van der Waals surface area contributed by atoms with Crippen molar-refractivity contribution in [2.24, 2.45) is 0 Å². The summed E-state index contributed by atoms with van der Waals surface area (Å²) < 4.78 is 5.48. The van der Waals surface area contributed by atoms with Gasteiger partial charge in [-0.25, -0.2) is 0 Å². The van der Waals surface area contributed by atoms with Gasteiger partial charge >= 0.3 is 0 Å². The number of unbranched alkanes of at least 4 members (excludes halogenated alkanes) is 1. The van der Waals surface area contributed by atoms with Gasteiger partial charge in [-0.05, 0) is 18.9 Å². The number of aryl methyl sites for hydroxylation is 1. The van der Waals surface area contributed by atoms with Gasteiger partial charge < -0.3 is 4.52 Å². The Kier molecular flexibility index (Phi) is 5.99. The maximum Gasteiger partial charge on any atom is 0.243 e. The van der Waals surface area contributed by atoms with Crippen LogP contribution in [0.4, 0.5) is 0 Å². The van der Waals surface area contributed by atoms with E-state index in [-0.39, 0.29) is 6.04 Å². The molecule has 2 aromatic rings. The first kappa shape index (κ1) is 17.1. The van der Waals surface area contributed by atoms with Crippen molar-refractivity contribution in [3.05, 3.63) is 47.6 Å². The first-order chi connectivity index (χ1) is 11.8.